The quantitative estimate of drug-likeness (QED) is 0.517. The first-order chi connectivity index (χ1) is 18.8. The molecule has 2 aliphatic heterocycles. The smallest absolute Gasteiger partial charge is 0.270 e. The number of piperazine rings is 1. The highest BCUT2D eigenvalue weighted by Gasteiger charge is 2.44. The van der Waals surface area contributed by atoms with Crippen LogP contribution in [0.1, 0.15) is 69.3 Å². The van der Waals surface area contributed by atoms with Gasteiger partial charge in [-0.3, -0.25) is 9.69 Å². The molecule has 9 heteroatoms. The Labute approximate surface area is 230 Å². The molecule has 3 aromatic heterocycles. The molecule has 2 saturated carbocycles. The van der Waals surface area contributed by atoms with E-state index < -0.39 is 0 Å². The molecule has 3 fully saturated rings. The molecule has 2 aliphatic carbocycles. The summed E-state index contributed by atoms with van der Waals surface area (Å²) >= 11 is 0. The van der Waals surface area contributed by atoms with Crippen molar-refractivity contribution in [3.63, 3.8) is 0 Å². The van der Waals surface area contributed by atoms with Crippen molar-refractivity contribution in [2.24, 2.45) is 5.92 Å². The monoisotopic (exact) mass is 528 g/mol. The van der Waals surface area contributed by atoms with E-state index in [4.69, 9.17) is 9.97 Å². The van der Waals surface area contributed by atoms with Gasteiger partial charge in [0.05, 0.1) is 17.4 Å². The van der Waals surface area contributed by atoms with Crippen LogP contribution in [0.4, 0.5) is 17.5 Å². The van der Waals surface area contributed by atoms with Gasteiger partial charge in [-0.1, -0.05) is 19.3 Å². The summed E-state index contributed by atoms with van der Waals surface area (Å²) in [5.41, 5.74) is 2.80. The Balaban J connectivity index is 1.11. The van der Waals surface area contributed by atoms with E-state index in [0.29, 0.717) is 5.95 Å². The molecule has 0 unspecified atom stereocenters. The van der Waals surface area contributed by atoms with E-state index >= 15 is 0 Å². The second kappa shape index (κ2) is 9.18. The zero-order chi connectivity index (χ0) is 26.8. The first-order valence-corrected chi connectivity index (χ1v) is 14.7. The lowest BCUT2D eigenvalue weighted by molar-refractivity contribution is 0.0543. The summed E-state index contributed by atoms with van der Waals surface area (Å²) < 4.78 is 2.23. The van der Waals surface area contributed by atoms with Crippen molar-refractivity contribution < 1.29 is 4.79 Å². The minimum atomic E-state index is -0.0834. The van der Waals surface area contributed by atoms with Crippen LogP contribution in [-0.2, 0) is 5.54 Å². The zero-order valence-corrected chi connectivity index (χ0v) is 23.5. The van der Waals surface area contributed by atoms with Crippen molar-refractivity contribution in [2.45, 2.75) is 69.9 Å². The van der Waals surface area contributed by atoms with Gasteiger partial charge in [-0.15, -0.1) is 0 Å². The fourth-order valence-electron chi connectivity index (χ4n) is 7.18. The number of hydrogen-bond acceptors (Lipinski definition) is 7. The molecule has 3 aromatic rings. The van der Waals surface area contributed by atoms with E-state index in [0.717, 1.165) is 73.2 Å². The van der Waals surface area contributed by atoms with Gasteiger partial charge in [-0.05, 0) is 63.6 Å². The lowest BCUT2D eigenvalue weighted by Gasteiger charge is -2.48. The van der Waals surface area contributed by atoms with Crippen LogP contribution < -0.4 is 10.2 Å². The van der Waals surface area contributed by atoms with Crippen LogP contribution in [0, 0.1) is 5.92 Å². The van der Waals surface area contributed by atoms with Crippen LogP contribution in [0.2, 0.25) is 0 Å². The number of carbonyl (C=O) groups excluding carboxylic acids is 1. The maximum atomic E-state index is 13.1. The Bertz CT molecular complexity index is 1390. The molecule has 0 radical (unpaired) electrons. The highest BCUT2D eigenvalue weighted by molar-refractivity contribution is 5.99. The summed E-state index contributed by atoms with van der Waals surface area (Å²) in [6.45, 7) is 9.83. The average Bonchev–Trinajstić information content (AvgIpc) is 3.66. The Kier molecular flexibility index (Phi) is 5.84. The highest BCUT2D eigenvalue weighted by Crippen LogP contribution is 2.42. The van der Waals surface area contributed by atoms with Crippen LogP contribution in [-0.4, -0.2) is 80.5 Å². The molecule has 5 heterocycles. The molecular weight excluding hydrogens is 488 g/mol. The molecular formula is C30H40N8O. The van der Waals surface area contributed by atoms with Gasteiger partial charge in [0.25, 0.3) is 5.91 Å². The number of anilines is 3. The number of likely N-dealkylation sites (N-methyl/N-ethyl adjacent to an activating group) is 1. The van der Waals surface area contributed by atoms with Crippen LogP contribution in [0.3, 0.4) is 0 Å². The van der Waals surface area contributed by atoms with Crippen LogP contribution in [0.25, 0.3) is 11.0 Å². The van der Waals surface area contributed by atoms with Crippen LogP contribution in [0.15, 0.2) is 30.6 Å². The summed E-state index contributed by atoms with van der Waals surface area (Å²) in [6, 6.07) is 6.12. The van der Waals surface area contributed by atoms with Gasteiger partial charge in [-0.25, -0.2) is 9.97 Å². The Morgan fingerprint density at radius 3 is 2.56 bits per heavy atom. The van der Waals surface area contributed by atoms with Gasteiger partial charge >= 0.3 is 0 Å². The minimum Gasteiger partial charge on any atom is -0.367 e. The van der Waals surface area contributed by atoms with Crippen molar-refractivity contribution in [1.29, 1.82) is 0 Å². The zero-order valence-electron chi connectivity index (χ0n) is 23.5. The third-order valence-corrected chi connectivity index (χ3v) is 9.50. The number of fused-ring (bicyclic) bond motifs is 4. The van der Waals surface area contributed by atoms with E-state index in [1.165, 1.54) is 38.6 Å². The topological polar surface area (TPSA) is 82.4 Å². The van der Waals surface area contributed by atoms with Crippen LogP contribution >= 0.6 is 0 Å². The molecule has 9 nitrogen and oxygen atoms in total. The number of rotatable bonds is 5. The third kappa shape index (κ3) is 4.44. The minimum absolute atomic E-state index is 0.0625. The number of nitrogens with one attached hydrogen (secondary N) is 1. The second-order valence-corrected chi connectivity index (χ2v) is 12.9. The van der Waals surface area contributed by atoms with E-state index in [1.54, 1.807) is 0 Å². The van der Waals surface area contributed by atoms with Crippen molar-refractivity contribution in [3.05, 3.63) is 36.3 Å². The summed E-state index contributed by atoms with van der Waals surface area (Å²) in [6.07, 6.45) is 12.3. The molecule has 0 bridgehead atoms. The lowest BCUT2D eigenvalue weighted by Crippen LogP contribution is -2.59. The van der Waals surface area contributed by atoms with Gasteiger partial charge in [0, 0.05) is 56.9 Å². The molecule has 206 valence electrons. The third-order valence-electron chi connectivity index (χ3n) is 9.50. The van der Waals surface area contributed by atoms with Crippen LogP contribution in [0.5, 0.6) is 0 Å². The largest absolute Gasteiger partial charge is 0.367 e. The summed E-state index contributed by atoms with van der Waals surface area (Å²) in [7, 11) is 1.92. The molecule has 39 heavy (non-hydrogen) atoms. The van der Waals surface area contributed by atoms with Crippen molar-refractivity contribution in [3.8, 4) is 0 Å². The van der Waals surface area contributed by atoms with E-state index in [1.807, 2.05) is 36.5 Å². The van der Waals surface area contributed by atoms with Gasteiger partial charge in [0.1, 0.15) is 17.2 Å². The summed E-state index contributed by atoms with van der Waals surface area (Å²) in [4.78, 5) is 34.3. The van der Waals surface area contributed by atoms with Gasteiger partial charge < -0.3 is 19.7 Å². The van der Waals surface area contributed by atoms with Crippen molar-refractivity contribution in [2.75, 3.05) is 50.0 Å². The standard InChI is InChI=1S/C30H40N8O/c1-29(2)19-36(13-14-37(29)18-21-7-8-21)23-9-10-25(31-17-23)33-28-32-16-22-15-24-27(39)35(3)20-30(11-5-4-6-12-30)38(24)26(22)34-28/h9-10,15-17,21H,4-8,11-14,18-20H2,1-3H3,(H,31,32,33,34). The summed E-state index contributed by atoms with van der Waals surface area (Å²) in [5.74, 6) is 2.21. The van der Waals surface area contributed by atoms with Gasteiger partial charge in [-0.2, -0.15) is 4.98 Å². The first kappa shape index (κ1) is 24.8. The average molecular weight is 529 g/mol. The number of pyridine rings is 1. The predicted octanol–water partition coefficient (Wildman–Crippen LogP) is 4.63. The molecule has 4 aliphatic rings. The van der Waals surface area contributed by atoms with E-state index in [2.05, 4.69) is 44.6 Å². The second-order valence-electron chi connectivity index (χ2n) is 12.9. The molecule has 0 aromatic carbocycles. The predicted molar refractivity (Wildman–Crippen MR) is 154 cm³/mol. The number of carbonyl (C=O) groups is 1. The van der Waals surface area contributed by atoms with Gasteiger partial charge in [0.2, 0.25) is 5.95 Å². The summed E-state index contributed by atoms with van der Waals surface area (Å²) in [5, 5.41) is 4.23. The number of hydrogen-bond donors (Lipinski definition) is 1. The Hall–Kier alpha value is -3.20. The molecule has 7 rings (SSSR count). The van der Waals surface area contributed by atoms with Crippen molar-refractivity contribution >= 4 is 34.4 Å². The maximum absolute atomic E-state index is 13.1. The molecule has 1 saturated heterocycles. The lowest BCUT2D eigenvalue weighted by atomic mass is 9.79. The van der Waals surface area contributed by atoms with E-state index in [-0.39, 0.29) is 17.0 Å². The Morgan fingerprint density at radius 1 is 1.03 bits per heavy atom. The molecule has 1 spiro atoms. The van der Waals surface area contributed by atoms with Crippen molar-refractivity contribution in [1.82, 2.24) is 29.3 Å². The maximum Gasteiger partial charge on any atom is 0.270 e. The normalized spacial score (nSPS) is 22.9. The Morgan fingerprint density at radius 2 is 1.85 bits per heavy atom. The van der Waals surface area contributed by atoms with Gasteiger partial charge in [0.15, 0.2) is 0 Å². The molecule has 0 atom stereocenters. The molecule has 1 N–H and O–H groups in total. The SMILES string of the molecule is CN1CC2(CCCCC2)n2c(cc3cnc(Nc4ccc(N5CCN(CC6CC6)C(C)(C)C5)cn4)nc32)C1=O. The fourth-order valence-corrected chi connectivity index (χ4v) is 7.18. The van der Waals surface area contributed by atoms with E-state index in [9.17, 15) is 4.79 Å². The fraction of sp³-hybridized carbons (Fsp3) is 0.600. The number of nitrogens with zero attached hydrogens (tertiary/aromatic N) is 7. The number of amides is 1. The first-order valence-electron chi connectivity index (χ1n) is 14.7. The number of aromatic nitrogens is 4. The molecule has 1 amide bonds. The highest BCUT2D eigenvalue weighted by atomic mass is 16.2.